The number of methoxy groups -OCH3 is 2. The Labute approximate surface area is 144 Å². The van der Waals surface area contributed by atoms with Crippen molar-refractivity contribution < 1.29 is 14.3 Å². The monoisotopic (exact) mass is 375 g/mol. The summed E-state index contributed by atoms with van der Waals surface area (Å²) < 4.78 is 11.6. The SMILES string of the molecule is C=CCc1cc(C(=O)Nc2cccc(Br)c2)cc(OC)c1OC. The number of carbonyl (C=O) groups excluding carboxylic acids is 1. The Morgan fingerprint density at radius 3 is 2.65 bits per heavy atom. The molecule has 2 aromatic carbocycles. The molecule has 0 saturated heterocycles. The summed E-state index contributed by atoms with van der Waals surface area (Å²) in [7, 11) is 3.12. The summed E-state index contributed by atoms with van der Waals surface area (Å²) in [5.74, 6) is 0.923. The van der Waals surface area contributed by atoms with E-state index in [0.717, 1.165) is 10.0 Å². The van der Waals surface area contributed by atoms with E-state index in [9.17, 15) is 4.79 Å². The average molecular weight is 376 g/mol. The molecule has 0 aliphatic carbocycles. The molecule has 4 nitrogen and oxygen atoms in total. The van der Waals surface area contributed by atoms with Gasteiger partial charge in [0, 0.05) is 21.3 Å². The summed E-state index contributed by atoms with van der Waals surface area (Å²) in [6, 6.07) is 10.9. The highest BCUT2D eigenvalue weighted by Crippen LogP contribution is 2.33. The molecule has 2 aromatic rings. The van der Waals surface area contributed by atoms with Crippen LogP contribution in [0.2, 0.25) is 0 Å². The number of ether oxygens (including phenoxy) is 2. The van der Waals surface area contributed by atoms with Gasteiger partial charge in [-0.3, -0.25) is 4.79 Å². The van der Waals surface area contributed by atoms with Crippen LogP contribution in [0.3, 0.4) is 0 Å². The Morgan fingerprint density at radius 1 is 1.26 bits per heavy atom. The third-order valence-electron chi connectivity index (χ3n) is 3.26. The van der Waals surface area contributed by atoms with Crippen molar-refractivity contribution in [3.8, 4) is 11.5 Å². The second-order valence-electron chi connectivity index (χ2n) is 4.83. The lowest BCUT2D eigenvalue weighted by atomic mass is 10.0. The van der Waals surface area contributed by atoms with Gasteiger partial charge in [0.05, 0.1) is 14.2 Å². The number of nitrogens with one attached hydrogen (secondary N) is 1. The average Bonchev–Trinajstić information content (AvgIpc) is 2.54. The second-order valence-corrected chi connectivity index (χ2v) is 5.74. The first-order chi connectivity index (χ1) is 11.1. The molecule has 0 aliphatic rings. The third kappa shape index (κ3) is 4.13. The van der Waals surface area contributed by atoms with E-state index in [1.165, 1.54) is 0 Å². The molecule has 1 amide bonds. The highest BCUT2D eigenvalue weighted by atomic mass is 79.9. The molecule has 120 valence electrons. The highest BCUT2D eigenvalue weighted by molar-refractivity contribution is 9.10. The van der Waals surface area contributed by atoms with Crippen LogP contribution in [0.25, 0.3) is 0 Å². The van der Waals surface area contributed by atoms with Crippen LogP contribution in [-0.2, 0) is 6.42 Å². The first kappa shape index (κ1) is 17.1. The van der Waals surface area contributed by atoms with Crippen LogP contribution in [0, 0.1) is 0 Å². The summed E-state index contributed by atoms with van der Waals surface area (Å²) in [6.07, 6.45) is 2.34. The Bertz CT molecular complexity index is 728. The second kappa shape index (κ2) is 7.83. The van der Waals surface area contributed by atoms with Gasteiger partial charge >= 0.3 is 0 Å². The van der Waals surface area contributed by atoms with Gasteiger partial charge in [-0.15, -0.1) is 6.58 Å². The van der Waals surface area contributed by atoms with E-state index in [4.69, 9.17) is 9.47 Å². The lowest BCUT2D eigenvalue weighted by Gasteiger charge is -2.14. The van der Waals surface area contributed by atoms with Crippen molar-refractivity contribution in [3.05, 3.63) is 64.7 Å². The number of amides is 1. The number of rotatable bonds is 6. The van der Waals surface area contributed by atoms with E-state index >= 15 is 0 Å². The Kier molecular flexibility index (Phi) is 5.82. The van der Waals surface area contributed by atoms with Crippen molar-refractivity contribution in [2.75, 3.05) is 19.5 Å². The molecule has 23 heavy (non-hydrogen) atoms. The topological polar surface area (TPSA) is 47.6 Å². The Hall–Kier alpha value is -2.27. The molecule has 0 aliphatic heterocycles. The van der Waals surface area contributed by atoms with Crippen molar-refractivity contribution in [3.63, 3.8) is 0 Å². The van der Waals surface area contributed by atoms with Crippen LogP contribution >= 0.6 is 15.9 Å². The van der Waals surface area contributed by atoms with E-state index in [0.29, 0.717) is 29.2 Å². The maximum atomic E-state index is 12.5. The number of hydrogen-bond donors (Lipinski definition) is 1. The minimum atomic E-state index is -0.214. The predicted octanol–water partition coefficient (Wildman–Crippen LogP) is 4.45. The molecular formula is C18H18BrNO3. The van der Waals surface area contributed by atoms with Crippen LogP contribution in [0.5, 0.6) is 11.5 Å². The fraction of sp³-hybridized carbons (Fsp3) is 0.167. The van der Waals surface area contributed by atoms with Gasteiger partial charge in [0.15, 0.2) is 11.5 Å². The van der Waals surface area contributed by atoms with Gasteiger partial charge in [-0.05, 0) is 36.8 Å². The number of anilines is 1. The van der Waals surface area contributed by atoms with Gasteiger partial charge in [-0.25, -0.2) is 0 Å². The molecule has 0 atom stereocenters. The molecule has 2 rings (SSSR count). The fourth-order valence-electron chi connectivity index (χ4n) is 2.25. The number of halogens is 1. The van der Waals surface area contributed by atoms with Crippen molar-refractivity contribution in [2.24, 2.45) is 0 Å². The van der Waals surface area contributed by atoms with Crippen molar-refractivity contribution in [1.29, 1.82) is 0 Å². The summed E-state index contributed by atoms with van der Waals surface area (Å²) in [4.78, 5) is 12.5. The maximum absolute atomic E-state index is 12.5. The molecule has 0 unspecified atom stereocenters. The minimum Gasteiger partial charge on any atom is -0.493 e. The molecule has 0 spiro atoms. The number of hydrogen-bond acceptors (Lipinski definition) is 3. The van der Waals surface area contributed by atoms with E-state index < -0.39 is 0 Å². The van der Waals surface area contributed by atoms with E-state index in [1.807, 2.05) is 24.3 Å². The van der Waals surface area contributed by atoms with Gasteiger partial charge in [0.25, 0.3) is 5.91 Å². The third-order valence-corrected chi connectivity index (χ3v) is 3.76. The quantitative estimate of drug-likeness (QED) is 0.758. The van der Waals surface area contributed by atoms with Gasteiger partial charge in [0.1, 0.15) is 0 Å². The molecule has 0 bridgehead atoms. The molecule has 0 fully saturated rings. The van der Waals surface area contributed by atoms with Crippen molar-refractivity contribution in [1.82, 2.24) is 0 Å². The Morgan fingerprint density at radius 2 is 2.04 bits per heavy atom. The largest absolute Gasteiger partial charge is 0.493 e. The van der Waals surface area contributed by atoms with Gasteiger partial charge in [-0.1, -0.05) is 28.1 Å². The standard InChI is InChI=1S/C18H18BrNO3/c1-4-6-12-9-13(10-16(22-2)17(12)23-3)18(21)20-15-8-5-7-14(19)11-15/h4-5,7-11H,1,6H2,2-3H3,(H,20,21). The van der Waals surface area contributed by atoms with Crippen LogP contribution in [0.4, 0.5) is 5.69 Å². The van der Waals surface area contributed by atoms with E-state index in [-0.39, 0.29) is 5.91 Å². The van der Waals surface area contributed by atoms with Crippen LogP contribution in [0.15, 0.2) is 53.5 Å². The maximum Gasteiger partial charge on any atom is 0.255 e. The van der Waals surface area contributed by atoms with Crippen LogP contribution in [-0.4, -0.2) is 20.1 Å². The summed E-state index contributed by atoms with van der Waals surface area (Å²) >= 11 is 3.38. The Balaban J connectivity index is 2.36. The molecule has 0 heterocycles. The molecular weight excluding hydrogens is 358 g/mol. The molecule has 0 radical (unpaired) electrons. The van der Waals surface area contributed by atoms with Gasteiger partial charge in [0.2, 0.25) is 0 Å². The predicted molar refractivity (Wildman–Crippen MR) is 95.5 cm³/mol. The van der Waals surface area contributed by atoms with Crippen molar-refractivity contribution in [2.45, 2.75) is 6.42 Å². The van der Waals surface area contributed by atoms with E-state index in [1.54, 1.807) is 32.4 Å². The first-order valence-electron chi connectivity index (χ1n) is 7.01. The fourth-order valence-corrected chi connectivity index (χ4v) is 2.65. The summed E-state index contributed by atoms with van der Waals surface area (Å²) in [5.41, 5.74) is 2.06. The zero-order valence-corrected chi connectivity index (χ0v) is 14.6. The summed E-state index contributed by atoms with van der Waals surface area (Å²) in [5, 5.41) is 2.87. The van der Waals surface area contributed by atoms with Crippen molar-refractivity contribution >= 4 is 27.5 Å². The summed E-state index contributed by atoms with van der Waals surface area (Å²) in [6.45, 7) is 3.74. The minimum absolute atomic E-state index is 0.214. The normalized spacial score (nSPS) is 10.0. The molecule has 1 N–H and O–H groups in total. The first-order valence-corrected chi connectivity index (χ1v) is 7.81. The van der Waals surface area contributed by atoms with Gasteiger partial charge < -0.3 is 14.8 Å². The molecule has 5 heteroatoms. The number of benzene rings is 2. The number of allylic oxidation sites excluding steroid dienone is 1. The molecule has 0 saturated carbocycles. The molecule has 0 aromatic heterocycles. The van der Waals surface area contributed by atoms with Gasteiger partial charge in [-0.2, -0.15) is 0 Å². The lowest BCUT2D eigenvalue weighted by molar-refractivity contribution is 0.102. The zero-order chi connectivity index (χ0) is 16.8. The number of carbonyl (C=O) groups is 1. The zero-order valence-electron chi connectivity index (χ0n) is 13.1. The van der Waals surface area contributed by atoms with E-state index in [2.05, 4.69) is 27.8 Å². The van der Waals surface area contributed by atoms with Crippen LogP contribution < -0.4 is 14.8 Å². The lowest BCUT2D eigenvalue weighted by Crippen LogP contribution is -2.13. The smallest absolute Gasteiger partial charge is 0.255 e. The van der Waals surface area contributed by atoms with Crippen LogP contribution in [0.1, 0.15) is 15.9 Å². The highest BCUT2D eigenvalue weighted by Gasteiger charge is 2.15.